The van der Waals surface area contributed by atoms with Crippen LogP contribution in [0.25, 0.3) is 0 Å². The van der Waals surface area contributed by atoms with Crippen molar-refractivity contribution in [3.05, 3.63) is 41.2 Å². The number of aromatic nitrogens is 3. The van der Waals surface area contributed by atoms with E-state index in [1.54, 1.807) is 4.68 Å². The largest absolute Gasteiger partial charge is 0.493 e. The van der Waals surface area contributed by atoms with E-state index in [1.165, 1.54) is 17.3 Å². The van der Waals surface area contributed by atoms with Crippen LogP contribution in [0.4, 0.5) is 0 Å². The fourth-order valence-electron chi connectivity index (χ4n) is 2.14. The molecule has 0 radical (unpaired) electrons. The smallest absolute Gasteiger partial charge is 0.358 e. The maximum atomic E-state index is 10.7. The van der Waals surface area contributed by atoms with Gasteiger partial charge in [0, 0.05) is 13.0 Å². The highest BCUT2D eigenvalue weighted by Gasteiger charge is 2.12. The van der Waals surface area contributed by atoms with Crippen molar-refractivity contribution in [3.63, 3.8) is 0 Å². The second-order valence-corrected chi connectivity index (χ2v) is 4.46. The predicted molar refractivity (Wildman–Crippen MR) is 66.3 cm³/mol. The molecular weight excluding hydrogens is 246 g/mol. The Kier molecular flexibility index (Phi) is 2.91. The molecule has 1 aliphatic heterocycles. The Balaban J connectivity index is 1.67. The van der Waals surface area contributed by atoms with Crippen LogP contribution in [-0.4, -0.2) is 32.7 Å². The Morgan fingerprint density at radius 1 is 1.47 bits per heavy atom. The van der Waals surface area contributed by atoms with Crippen molar-refractivity contribution >= 4 is 5.97 Å². The second kappa shape index (κ2) is 4.72. The SMILES string of the molecule is O=C(O)c1cn(CCc2ccc3c(c2)CCO3)nn1. The van der Waals surface area contributed by atoms with Crippen LogP contribution in [-0.2, 0) is 19.4 Å². The number of carboxylic acids is 1. The van der Waals surface area contributed by atoms with Gasteiger partial charge >= 0.3 is 5.97 Å². The minimum absolute atomic E-state index is 0.0256. The van der Waals surface area contributed by atoms with Gasteiger partial charge in [-0.25, -0.2) is 4.79 Å². The molecular formula is C13H13N3O3. The number of ether oxygens (including phenoxy) is 1. The first kappa shape index (κ1) is 11.7. The van der Waals surface area contributed by atoms with Crippen LogP contribution < -0.4 is 4.74 Å². The zero-order valence-corrected chi connectivity index (χ0v) is 10.2. The first-order chi connectivity index (χ1) is 9.22. The van der Waals surface area contributed by atoms with Crippen LogP contribution in [0, 0.1) is 0 Å². The fraction of sp³-hybridized carbons (Fsp3) is 0.308. The molecule has 1 aromatic carbocycles. The van der Waals surface area contributed by atoms with Crippen LogP contribution in [0.3, 0.4) is 0 Å². The minimum atomic E-state index is -1.05. The van der Waals surface area contributed by atoms with Gasteiger partial charge in [0.25, 0.3) is 0 Å². The van der Waals surface area contributed by atoms with E-state index < -0.39 is 5.97 Å². The van der Waals surface area contributed by atoms with Crippen molar-refractivity contribution in [2.75, 3.05) is 6.61 Å². The highest BCUT2D eigenvalue weighted by molar-refractivity contribution is 5.84. The lowest BCUT2D eigenvalue weighted by Crippen LogP contribution is -2.02. The first-order valence-corrected chi connectivity index (χ1v) is 6.10. The van der Waals surface area contributed by atoms with E-state index in [0.717, 1.165) is 25.2 Å². The van der Waals surface area contributed by atoms with Crippen LogP contribution in [0.1, 0.15) is 21.6 Å². The Bertz CT molecular complexity index is 621. The van der Waals surface area contributed by atoms with E-state index in [0.29, 0.717) is 6.54 Å². The highest BCUT2D eigenvalue weighted by atomic mass is 16.5. The number of aromatic carboxylic acids is 1. The van der Waals surface area contributed by atoms with E-state index in [9.17, 15) is 4.79 Å². The number of rotatable bonds is 4. The van der Waals surface area contributed by atoms with Crippen LogP contribution in [0.15, 0.2) is 24.4 Å². The Morgan fingerprint density at radius 3 is 3.16 bits per heavy atom. The number of carbonyl (C=O) groups is 1. The van der Waals surface area contributed by atoms with E-state index in [-0.39, 0.29) is 5.69 Å². The maximum absolute atomic E-state index is 10.7. The third-order valence-corrected chi connectivity index (χ3v) is 3.14. The van der Waals surface area contributed by atoms with Gasteiger partial charge in [-0.15, -0.1) is 5.10 Å². The zero-order valence-electron chi connectivity index (χ0n) is 10.2. The molecule has 3 rings (SSSR count). The Hall–Kier alpha value is -2.37. The van der Waals surface area contributed by atoms with Gasteiger partial charge in [0.1, 0.15) is 5.75 Å². The average molecular weight is 259 g/mol. The molecule has 0 spiro atoms. The predicted octanol–water partition coefficient (Wildman–Crippen LogP) is 1.15. The molecule has 1 aromatic heterocycles. The maximum Gasteiger partial charge on any atom is 0.358 e. The molecule has 0 amide bonds. The molecule has 0 atom stereocenters. The summed E-state index contributed by atoms with van der Waals surface area (Å²) < 4.78 is 7.00. The van der Waals surface area contributed by atoms with Gasteiger partial charge in [0.15, 0.2) is 5.69 Å². The summed E-state index contributed by atoms with van der Waals surface area (Å²) in [6.45, 7) is 1.36. The van der Waals surface area contributed by atoms with E-state index in [2.05, 4.69) is 16.4 Å². The summed E-state index contributed by atoms with van der Waals surface area (Å²) >= 11 is 0. The summed E-state index contributed by atoms with van der Waals surface area (Å²) in [6.07, 6.45) is 3.18. The van der Waals surface area contributed by atoms with Crippen LogP contribution >= 0.6 is 0 Å². The standard InChI is InChI=1S/C13H13N3O3/c17-13(18)11-8-16(15-14-11)5-3-9-1-2-12-10(7-9)4-6-19-12/h1-2,7-8H,3-6H2,(H,17,18). The molecule has 0 aliphatic carbocycles. The molecule has 0 saturated heterocycles. The van der Waals surface area contributed by atoms with Gasteiger partial charge in [-0.05, 0) is 23.6 Å². The number of hydrogen-bond donors (Lipinski definition) is 1. The number of hydrogen-bond acceptors (Lipinski definition) is 4. The normalized spacial score (nSPS) is 13.1. The summed E-state index contributed by atoms with van der Waals surface area (Å²) in [5.74, 6) is -0.0846. The van der Waals surface area contributed by atoms with E-state index in [1.807, 2.05) is 12.1 Å². The molecule has 2 heterocycles. The fourth-order valence-corrected chi connectivity index (χ4v) is 2.14. The van der Waals surface area contributed by atoms with Gasteiger partial charge in [0.05, 0.1) is 12.8 Å². The number of benzene rings is 1. The molecule has 0 saturated carbocycles. The molecule has 1 aliphatic rings. The van der Waals surface area contributed by atoms with Crippen molar-refractivity contribution in [2.24, 2.45) is 0 Å². The van der Waals surface area contributed by atoms with Gasteiger partial charge in [-0.2, -0.15) is 0 Å². The van der Waals surface area contributed by atoms with Gasteiger partial charge in [0.2, 0.25) is 0 Å². The van der Waals surface area contributed by atoms with Gasteiger partial charge in [-0.3, -0.25) is 4.68 Å². The van der Waals surface area contributed by atoms with Crippen molar-refractivity contribution in [2.45, 2.75) is 19.4 Å². The molecule has 2 aromatic rings. The number of nitrogens with zero attached hydrogens (tertiary/aromatic N) is 3. The lowest BCUT2D eigenvalue weighted by atomic mass is 10.1. The molecule has 6 heteroatoms. The first-order valence-electron chi connectivity index (χ1n) is 6.10. The Morgan fingerprint density at radius 2 is 2.37 bits per heavy atom. The van der Waals surface area contributed by atoms with Crippen molar-refractivity contribution in [1.29, 1.82) is 0 Å². The lowest BCUT2D eigenvalue weighted by molar-refractivity contribution is 0.0690. The third kappa shape index (κ3) is 2.42. The summed E-state index contributed by atoms with van der Waals surface area (Å²) in [5.41, 5.74) is 2.40. The van der Waals surface area contributed by atoms with Crippen molar-refractivity contribution in [3.8, 4) is 5.75 Å². The summed E-state index contributed by atoms with van der Waals surface area (Å²) in [6, 6.07) is 6.15. The number of aryl methyl sites for hydroxylation is 2. The lowest BCUT2D eigenvalue weighted by Gasteiger charge is -2.04. The topological polar surface area (TPSA) is 77.2 Å². The minimum Gasteiger partial charge on any atom is -0.493 e. The van der Waals surface area contributed by atoms with Gasteiger partial charge in [-0.1, -0.05) is 17.3 Å². The molecule has 0 unspecified atom stereocenters. The summed E-state index contributed by atoms with van der Waals surface area (Å²) in [4.78, 5) is 10.7. The molecule has 6 nitrogen and oxygen atoms in total. The number of fused-ring (bicyclic) bond motifs is 1. The van der Waals surface area contributed by atoms with Crippen LogP contribution in [0.5, 0.6) is 5.75 Å². The van der Waals surface area contributed by atoms with E-state index in [4.69, 9.17) is 9.84 Å². The van der Waals surface area contributed by atoms with Gasteiger partial charge < -0.3 is 9.84 Å². The molecule has 0 fully saturated rings. The van der Waals surface area contributed by atoms with Crippen LogP contribution in [0.2, 0.25) is 0 Å². The number of carboxylic acid groups (broad SMARTS) is 1. The summed E-state index contributed by atoms with van der Waals surface area (Å²) in [5, 5.41) is 16.1. The third-order valence-electron chi connectivity index (χ3n) is 3.14. The molecule has 98 valence electrons. The molecule has 19 heavy (non-hydrogen) atoms. The molecule has 0 bridgehead atoms. The van der Waals surface area contributed by atoms with Crippen molar-refractivity contribution < 1.29 is 14.6 Å². The molecule has 1 N–H and O–H groups in total. The monoisotopic (exact) mass is 259 g/mol. The Labute approximate surface area is 109 Å². The zero-order chi connectivity index (χ0) is 13.2. The second-order valence-electron chi connectivity index (χ2n) is 4.46. The van der Waals surface area contributed by atoms with Crippen molar-refractivity contribution in [1.82, 2.24) is 15.0 Å². The average Bonchev–Trinajstić information content (AvgIpc) is 3.04. The van der Waals surface area contributed by atoms with E-state index >= 15 is 0 Å². The quantitative estimate of drug-likeness (QED) is 0.891. The summed E-state index contributed by atoms with van der Waals surface area (Å²) in [7, 11) is 0. The highest BCUT2D eigenvalue weighted by Crippen LogP contribution is 2.26.